The van der Waals surface area contributed by atoms with Gasteiger partial charge in [0.1, 0.15) is 0 Å². The van der Waals surface area contributed by atoms with Crippen LogP contribution in [0.15, 0.2) is 12.2 Å². The predicted octanol–water partition coefficient (Wildman–Crippen LogP) is 2.09. The Kier molecular flexibility index (Phi) is 2.79. The molecule has 1 fully saturated rings. The van der Waals surface area contributed by atoms with Gasteiger partial charge >= 0.3 is 0 Å². The van der Waals surface area contributed by atoms with Crippen molar-refractivity contribution in [2.75, 3.05) is 6.61 Å². The molecule has 1 aliphatic carbocycles. The van der Waals surface area contributed by atoms with E-state index >= 15 is 0 Å². The molecule has 2 nitrogen and oxygen atoms in total. The van der Waals surface area contributed by atoms with E-state index in [-0.39, 0.29) is 5.78 Å². The first kappa shape index (κ1) is 8.95. The second kappa shape index (κ2) is 4.05. The average molecular weight is 180 g/mol. The second-order valence-electron chi connectivity index (χ2n) is 3.99. The minimum absolute atomic E-state index is 0.281. The molecule has 0 saturated carbocycles. The molecule has 0 unspecified atom stereocenters. The van der Waals surface area contributed by atoms with E-state index in [0.29, 0.717) is 12.0 Å². The highest BCUT2D eigenvalue weighted by molar-refractivity contribution is 5.90. The molecule has 0 N–H and O–H groups in total. The van der Waals surface area contributed by atoms with Crippen LogP contribution in [0.1, 0.15) is 32.1 Å². The normalized spacial score (nSPS) is 34.0. The molecular weight excluding hydrogens is 164 g/mol. The molecule has 1 aliphatic heterocycles. The molecule has 0 aromatic heterocycles. The van der Waals surface area contributed by atoms with Crippen LogP contribution in [0, 0.1) is 5.92 Å². The highest BCUT2D eigenvalue weighted by Crippen LogP contribution is 2.25. The van der Waals surface area contributed by atoms with Crippen molar-refractivity contribution >= 4 is 5.78 Å². The van der Waals surface area contributed by atoms with Crippen LogP contribution < -0.4 is 0 Å². The van der Waals surface area contributed by atoms with E-state index in [1.54, 1.807) is 6.08 Å². The Bertz CT molecular complexity index is 214. The lowest BCUT2D eigenvalue weighted by atomic mass is 9.90. The van der Waals surface area contributed by atoms with Crippen molar-refractivity contribution in [2.24, 2.45) is 5.92 Å². The van der Waals surface area contributed by atoms with Crippen LogP contribution in [0.4, 0.5) is 0 Å². The first-order chi connectivity index (χ1) is 6.34. The van der Waals surface area contributed by atoms with Crippen LogP contribution in [0.3, 0.4) is 0 Å². The molecule has 2 atom stereocenters. The Balaban J connectivity index is 1.81. The van der Waals surface area contributed by atoms with Crippen LogP contribution in [0.25, 0.3) is 0 Å². The highest BCUT2D eigenvalue weighted by atomic mass is 16.5. The lowest BCUT2D eigenvalue weighted by Gasteiger charge is -2.18. The van der Waals surface area contributed by atoms with E-state index in [1.165, 1.54) is 12.8 Å². The van der Waals surface area contributed by atoms with E-state index in [4.69, 9.17) is 4.74 Å². The maximum Gasteiger partial charge on any atom is 0.155 e. The fraction of sp³-hybridized carbons (Fsp3) is 0.727. The second-order valence-corrected chi connectivity index (χ2v) is 3.99. The topological polar surface area (TPSA) is 26.3 Å². The van der Waals surface area contributed by atoms with Gasteiger partial charge in [0.25, 0.3) is 0 Å². The summed E-state index contributed by atoms with van der Waals surface area (Å²) in [5, 5.41) is 0. The van der Waals surface area contributed by atoms with Gasteiger partial charge in [0.15, 0.2) is 5.78 Å². The van der Waals surface area contributed by atoms with Crippen molar-refractivity contribution in [3.63, 3.8) is 0 Å². The van der Waals surface area contributed by atoms with Gasteiger partial charge in [-0.25, -0.2) is 0 Å². The molecule has 2 rings (SSSR count). The van der Waals surface area contributed by atoms with Gasteiger partial charge in [0, 0.05) is 13.0 Å². The van der Waals surface area contributed by atoms with E-state index in [9.17, 15) is 4.79 Å². The van der Waals surface area contributed by atoms with E-state index in [0.717, 1.165) is 25.9 Å². The number of carbonyl (C=O) groups is 1. The Morgan fingerprint density at radius 2 is 2.38 bits per heavy atom. The summed E-state index contributed by atoms with van der Waals surface area (Å²) in [7, 11) is 0. The summed E-state index contributed by atoms with van der Waals surface area (Å²) in [6.45, 7) is 0.931. The third-order valence-corrected chi connectivity index (χ3v) is 2.91. The van der Waals surface area contributed by atoms with Crippen molar-refractivity contribution in [3.05, 3.63) is 12.2 Å². The average Bonchev–Trinajstić information content (AvgIpc) is 2.62. The molecule has 0 radical (unpaired) electrons. The van der Waals surface area contributed by atoms with Crippen LogP contribution in [-0.4, -0.2) is 18.5 Å². The maximum atomic E-state index is 10.9. The zero-order valence-corrected chi connectivity index (χ0v) is 7.87. The standard InChI is InChI=1S/C11H16O2/c12-10-5-3-9(4-6-10)8-11-2-1-7-13-11/h3,5,9,11H,1-2,4,6-8H2/t9-,11-/m1/s1. The molecule has 0 amide bonds. The van der Waals surface area contributed by atoms with E-state index in [1.807, 2.05) is 0 Å². The summed E-state index contributed by atoms with van der Waals surface area (Å²) in [4.78, 5) is 10.9. The molecule has 13 heavy (non-hydrogen) atoms. The Morgan fingerprint density at radius 1 is 1.46 bits per heavy atom. The molecule has 2 heteroatoms. The number of carbonyl (C=O) groups excluding carboxylic acids is 1. The lowest BCUT2D eigenvalue weighted by molar-refractivity contribution is -0.115. The number of ketones is 1. The van der Waals surface area contributed by atoms with Gasteiger partial charge in [-0.15, -0.1) is 0 Å². The summed E-state index contributed by atoms with van der Waals surface area (Å²) in [5.74, 6) is 0.865. The van der Waals surface area contributed by atoms with Crippen molar-refractivity contribution in [1.82, 2.24) is 0 Å². The molecule has 0 aromatic rings. The fourth-order valence-corrected chi connectivity index (χ4v) is 2.11. The summed E-state index contributed by atoms with van der Waals surface area (Å²) < 4.78 is 5.56. The van der Waals surface area contributed by atoms with E-state index in [2.05, 4.69) is 6.08 Å². The largest absolute Gasteiger partial charge is 0.378 e. The first-order valence-corrected chi connectivity index (χ1v) is 5.17. The minimum atomic E-state index is 0.281. The van der Waals surface area contributed by atoms with Gasteiger partial charge in [0.05, 0.1) is 6.10 Å². The van der Waals surface area contributed by atoms with Crippen LogP contribution in [0.2, 0.25) is 0 Å². The van der Waals surface area contributed by atoms with Crippen molar-refractivity contribution in [2.45, 2.75) is 38.2 Å². The molecular formula is C11H16O2. The van der Waals surface area contributed by atoms with E-state index < -0.39 is 0 Å². The van der Waals surface area contributed by atoms with Gasteiger partial charge in [0.2, 0.25) is 0 Å². The molecule has 0 aromatic carbocycles. The molecule has 0 spiro atoms. The maximum absolute atomic E-state index is 10.9. The Morgan fingerprint density at radius 3 is 3.00 bits per heavy atom. The molecule has 2 aliphatic rings. The minimum Gasteiger partial charge on any atom is -0.378 e. The van der Waals surface area contributed by atoms with Gasteiger partial charge in [-0.1, -0.05) is 6.08 Å². The quantitative estimate of drug-likeness (QED) is 0.650. The summed E-state index contributed by atoms with van der Waals surface area (Å²) in [5.41, 5.74) is 0. The predicted molar refractivity (Wildman–Crippen MR) is 50.5 cm³/mol. The molecule has 72 valence electrons. The van der Waals surface area contributed by atoms with Crippen LogP contribution >= 0.6 is 0 Å². The summed E-state index contributed by atoms with van der Waals surface area (Å²) in [6, 6.07) is 0. The number of rotatable bonds is 2. The fourth-order valence-electron chi connectivity index (χ4n) is 2.11. The smallest absolute Gasteiger partial charge is 0.155 e. The van der Waals surface area contributed by atoms with Gasteiger partial charge in [-0.3, -0.25) is 4.79 Å². The summed E-state index contributed by atoms with van der Waals surface area (Å²) >= 11 is 0. The SMILES string of the molecule is O=C1C=C[C@@H](C[C@H]2CCCO2)CC1. The molecule has 1 heterocycles. The van der Waals surface area contributed by atoms with Gasteiger partial charge < -0.3 is 4.74 Å². The Hall–Kier alpha value is -0.630. The van der Waals surface area contributed by atoms with Crippen LogP contribution in [0.5, 0.6) is 0 Å². The zero-order valence-electron chi connectivity index (χ0n) is 7.87. The van der Waals surface area contributed by atoms with Crippen molar-refractivity contribution in [1.29, 1.82) is 0 Å². The monoisotopic (exact) mass is 180 g/mol. The Labute approximate surface area is 79.0 Å². The third-order valence-electron chi connectivity index (χ3n) is 2.91. The number of allylic oxidation sites excluding steroid dienone is 2. The van der Waals surface area contributed by atoms with Crippen molar-refractivity contribution in [3.8, 4) is 0 Å². The lowest BCUT2D eigenvalue weighted by Crippen LogP contribution is -2.15. The number of ether oxygens (including phenoxy) is 1. The highest BCUT2D eigenvalue weighted by Gasteiger charge is 2.21. The molecule has 0 bridgehead atoms. The van der Waals surface area contributed by atoms with Gasteiger partial charge in [-0.05, 0) is 37.7 Å². The first-order valence-electron chi connectivity index (χ1n) is 5.17. The third kappa shape index (κ3) is 2.41. The number of hydrogen-bond donors (Lipinski definition) is 0. The van der Waals surface area contributed by atoms with Gasteiger partial charge in [-0.2, -0.15) is 0 Å². The zero-order chi connectivity index (χ0) is 9.10. The van der Waals surface area contributed by atoms with Crippen molar-refractivity contribution < 1.29 is 9.53 Å². The number of hydrogen-bond acceptors (Lipinski definition) is 2. The molecule has 1 saturated heterocycles. The summed E-state index contributed by atoms with van der Waals surface area (Å²) in [6.07, 6.45) is 9.55. The van der Waals surface area contributed by atoms with Crippen LogP contribution in [-0.2, 0) is 9.53 Å².